The number of aromatic nitrogens is 3. The van der Waals surface area contributed by atoms with Crippen LogP contribution in [0, 0.1) is 51.1 Å². The van der Waals surface area contributed by atoms with Crippen LogP contribution < -0.4 is 14.2 Å². The Labute approximate surface area is 375 Å². The normalized spacial score (nSPS) is 10.8. The van der Waals surface area contributed by atoms with Gasteiger partial charge >= 0.3 is 0 Å². The average Bonchev–Trinajstić information content (AvgIpc) is 3.88. The maximum absolute atomic E-state index is 11.4. The second-order valence-corrected chi connectivity index (χ2v) is 14.8. The Hall–Kier alpha value is -9.06. The van der Waals surface area contributed by atoms with Crippen LogP contribution >= 0.6 is 0 Å². The fourth-order valence-electron chi connectivity index (χ4n) is 8.04. The lowest BCUT2D eigenvalue weighted by atomic mass is 10.2. The van der Waals surface area contributed by atoms with Crippen molar-refractivity contribution in [2.24, 2.45) is 0 Å². The van der Waals surface area contributed by atoms with Crippen molar-refractivity contribution >= 4 is 49.8 Å². The number of phenols is 3. The Morgan fingerprint density at radius 3 is 0.818 bits per heavy atom. The molecule has 18 heteroatoms. The zero-order chi connectivity index (χ0) is 47.6. The largest absolute Gasteiger partial charge is 0.508 e. The molecule has 18 nitrogen and oxygen atoms in total. The van der Waals surface area contributed by atoms with Crippen LogP contribution in [0.4, 0.5) is 17.1 Å². The van der Waals surface area contributed by atoms with Crippen LogP contribution in [0.3, 0.4) is 0 Å². The molecule has 0 aliphatic heterocycles. The van der Waals surface area contributed by atoms with Gasteiger partial charge in [0.05, 0.1) is 85.9 Å². The van der Waals surface area contributed by atoms with Gasteiger partial charge in [0, 0.05) is 35.3 Å². The maximum atomic E-state index is 11.4. The van der Waals surface area contributed by atoms with Gasteiger partial charge < -0.3 is 43.2 Å². The van der Waals surface area contributed by atoms with Gasteiger partial charge in [-0.2, -0.15) is 0 Å². The number of nitrogens with zero attached hydrogens (tertiary/aromatic N) is 6. The van der Waals surface area contributed by atoms with Crippen molar-refractivity contribution in [2.45, 2.75) is 20.8 Å². The standard InChI is InChI=1S/3C16H14N2O4/c3*1-10-16(18(20)21)14-8-5-12(19)9-15(14)17(10)11-3-6-13(22-2)7-4-11/h3*3-9,19H,1-2H3. The van der Waals surface area contributed by atoms with Gasteiger partial charge in [-0.25, -0.2) is 0 Å². The van der Waals surface area contributed by atoms with Gasteiger partial charge in [0.2, 0.25) is 0 Å². The van der Waals surface area contributed by atoms with Gasteiger partial charge in [0.15, 0.2) is 0 Å². The number of hydrogen-bond acceptors (Lipinski definition) is 12. The molecule has 0 saturated carbocycles. The lowest BCUT2D eigenvalue weighted by Gasteiger charge is -2.08. The minimum Gasteiger partial charge on any atom is -0.508 e. The third-order valence-corrected chi connectivity index (χ3v) is 11.0. The molecule has 0 atom stereocenters. The highest BCUT2D eigenvalue weighted by atomic mass is 16.6. The van der Waals surface area contributed by atoms with Crippen LogP contribution in [0.25, 0.3) is 49.8 Å². The lowest BCUT2D eigenvalue weighted by molar-refractivity contribution is -0.383. The summed E-state index contributed by atoms with van der Waals surface area (Å²) in [6, 6.07) is 35.3. The maximum Gasteiger partial charge on any atom is 0.298 e. The first-order valence-corrected chi connectivity index (χ1v) is 20.0. The van der Waals surface area contributed by atoms with Crippen LogP contribution in [0.15, 0.2) is 127 Å². The molecule has 0 aliphatic carbocycles. The molecule has 0 spiro atoms. The zero-order valence-electron chi connectivity index (χ0n) is 36.3. The van der Waals surface area contributed by atoms with Crippen LogP contribution in [0.5, 0.6) is 34.5 Å². The average molecular weight is 895 g/mol. The fraction of sp³-hybridized carbons (Fsp3) is 0.125. The summed E-state index contributed by atoms with van der Waals surface area (Å²) in [5, 5.41) is 64.8. The first kappa shape index (κ1) is 45.0. The molecule has 0 aliphatic rings. The number of ether oxygens (including phenoxy) is 3. The van der Waals surface area contributed by atoms with Crippen LogP contribution in [-0.4, -0.2) is 65.1 Å². The first-order chi connectivity index (χ1) is 31.6. The molecule has 0 bridgehead atoms. The number of hydrogen-bond donors (Lipinski definition) is 3. The van der Waals surface area contributed by atoms with Gasteiger partial charge in [0.25, 0.3) is 17.1 Å². The number of phenolic OH excluding ortho intramolecular Hbond substituents is 3. The van der Waals surface area contributed by atoms with E-state index in [1.807, 2.05) is 36.4 Å². The summed E-state index contributed by atoms with van der Waals surface area (Å²) >= 11 is 0. The van der Waals surface area contributed by atoms with Gasteiger partial charge in [-0.1, -0.05) is 0 Å². The molecule has 0 saturated heterocycles. The number of nitro groups is 3. The molecular weight excluding hydrogens is 853 g/mol. The highest BCUT2D eigenvalue weighted by molar-refractivity contribution is 5.95. The monoisotopic (exact) mass is 894 g/mol. The van der Waals surface area contributed by atoms with Crippen molar-refractivity contribution in [1.29, 1.82) is 0 Å². The minimum absolute atomic E-state index is 0.0471. The van der Waals surface area contributed by atoms with E-state index in [0.717, 1.165) is 17.1 Å². The summed E-state index contributed by atoms with van der Waals surface area (Å²) in [5.41, 5.74) is 5.74. The number of rotatable bonds is 9. The van der Waals surface area contributed by atoms with Crippen molar-refractivity contribution in [1.82, 2.24) is 13.7 Å². The van der Waals surface area contributed by atoms with Crippen LogP contribution in [0.1, 0.15) is 17.1 Å². The predicted octanol–water partition coefficient (Wildman–Crippen LogP) is 10.7. The Bertz CT molecular complexity index is 2950. The smallest absolute Gasteiger partial charge is 0.298 e. The minimum atomic E-state index is -0.394. The number of fused-ring (bicyclic) bond motifs is 3. The molecule has 3 N–H and O–H groups in total. The summed E-state index contributed by atoms with van der Waals surface area (Å²) < 4.78 is 20.7. The van der Waals surface area contributed by atoms with E-state index in [4.69, 9.17) is 14.2 Å². The Morgan fingerprint density at radius 1 is 0.394 bits per heavy atom. The Balaban J connectivity index is 0.000000147. The van der Waals surface area contributed by atoms with Gasteiger partial charge in [-0.15, -0.1) is 0 Å². The zero-order valence-corrected chi connectivity index (χ0v) is 36.3. The highest BCUT2D eigenvalue weighted by Gasteiger charge is 2.27. The summed E-state index contributed by atoms with van der Waals surface area (Å²) in [6.45, 7) is 5.08. The number of benzene rings is 6. The molecule has 0 amide bonds. The molecule has 0 fully saturated rings. The summed E-state index contributed by atoms with van der Waals surface area (Å²) in [7, 11) is 4.73. The second-order valence-electron chi connectivity index (χ2n) is 14.8. The van der Waals surface area contributed by atoms with E-state index in [9.17, 15) is 45.7 Å². The molecule has 0 radical (unpaired) electrons. The molecule has 66 heavy (non-hydrogen) atoms. The van der Waals surface area contributed by atoms with E-state index in [1.165, 1.54) is 36.4 Å². The first-order valence-electron chi connectivity index (χ1n) is 20.0. The molecule has 3 aromatic heterocycles. The van der Waals surface area contributed by atoms with Gasteiger partial charge in [0.1, 0.15) is 34.5 Å². The van der Waals surface area contributed by atoms with Gasteiger partial charge in [-0.05, 0) is 130 Å². The second kappa shape index (κ2) is 18.3. The van der Waals surface area contributed by atoms with E-state index in [1.54, 1.807) is 110 Å². The van der Waals surface area contributed by atoms with E-state index >= 15 is 0 Å². The molecule has 9 rings (SSSR count). The van der Waals surface area contributed by atoms with Crippen molar-refractivity contribution in [2.75, 3.05) is 21.3 Å². The summed E-state index contributed by atoms with van der Waals surface area (Å²) in [6.07, 6.45) is 0. The Kier molecular flexibility index (Phi) is 12.5. The molecule has 9 aromatic rings. The fourth-order valence-corrected chi connectivity index (χ4v) is 8.04. The number of aromatic hydroxyl groups is 3. The van der Waals surface area contributed by atoms with E-state index < -0.39 is 14.8 Å². The van der Waals surface area contributed by atoms with Crippen molar-refractivity contribution in [3.8, 4) is 51.6 Å². The van der Waals surface area contributed by atoms with E-state index in [0.29, 0.717) is 67.0 Å². The van der Waals surface area contributed by atoms with E-state index in [-0.39, 0.29) is 34.3 Å². The topological polar surface area (TPSA) is 233 Å². The molecule has 3 heterocycles. The predicted molar refractivity (Wildman–Crippen MR) is 249 cm³/mol. The van der Waals surface area contributed by atoms with Crippen LogP contribution in [0.2, 0.25) is 0 Å². The SMILES string of the molecule is COc1ccc(-n2c(C)c([N+](=O)[O-])c3ccc(O)cc32)cc1.COc1ccc(-n2c(C)c([N+](=O)[O-])c3ccc(O)cc32)cc1.COc1ccc(-n2c(C)c([N+](=O)[O-])c3ccc(O)cc32)cc1. The third-order valence-electron chi connectivity index (χ3n) is 11.0. The number of methoxy groups -OCH3 is 3. The van der Waals surface area contributed by atoms with E-state index in [2.05, 4.69) is 0 Å². The summed E-state index contributed by atoms with van der Waals surface area (Å²) in [4.78, 5) is 32.9. The lowest BCUT2D eigenvalue weighted by Crippen LogP contribution is -1.98. The molecule has 336 valence electrons. The molecular formula is C48H42N6O12. The third kappa shape index (κ3) is 8.40. The van der Waals surface area contributed by atoms with Crippen molar-refractivity contribution in [3.63, 3.8) is 0 Å². The summed E-state index contributed by atoms with van der Waals surface area (Å²) in [5.74, 6) is 2.31. The van der Waals surface area contributed by atoms with Gasteiger partial charge in [-0.3, -0.25) is 30.3 Å². The molecule has 6 aromatic carbocycles. The van der Waals surface area contributed by atoms with Crippen molar-refractivity contribution in [3.05, 3.63) is 175 Å². The molecule has 0 unspecified atom stereocenters. The van der Waals surface area contributed by atoms with Crippen LogP contribution in [-0.2, 0) is 0 Å². The Morgan fingerprint density at radius 2 is 0.621 bits per heavy atom. The van der Waals surface area contributed by atoms with Crippen molar-refractivity contribution < 1.29 is 44.3 Å². The highest BCUT2D eigenvalue weighted by Crippen LogP contribution is 2.39. The quantitative estimate of drug-likeness (QED) is 0.0907.